The van der Waals surface area contributed by atoms with Crippen LogP contribution in [0.25, 0.3) is 10.2 Å². The van der Waals surface area contributed by atoms with Crippen molar-refractivity contribution in [3.63, 3.8) is 0 Å². The van der Waals surface area contributed by atoms with E-state index in [1.54, 1.807) is 17.7 Å². The van der Waals surface area contributed by atoms with Crippen molar-refractivity contribution in [2.45, 2.75) is 69.1 Å². The Hall–Kier alpha value is -1.46. The van der Waals surface area contributed by atoms with Gasteiger partial charge in [0, 0.05) is 24.0 Å². The summed E-state index contributed by atoms with van der Waals surface area (Å²) in [6, 6.07) is 0.624. The first-order valence-electron chi connectivity index (χ1n) is 11.3. The Morgan fingerprint density at radius 3 is 2.72 bits per heavy atom. The van der Waals surface area contributed by atoms with E-state index >= 15 is 0 Å². The third kappa shape index (κ3) is 4.75. The second-order valence-corrected chi connectivity index (χ2v) is 9.97. The molecular formula is C22H32N4O4S2. The quantitative estimate of drug-likeness (QED) is 0.651. The molecule has 1 amide bonds. The molecule has 2 aromatic rings. The number of carbonyl (C=O) groups is 1. The van der Waals surface area contributed by atoms with Gasteiger partial charge in [-0.05, 0) is 56.4 Å². The Morgan fingerprint density at radius 2 is 2.00 bits per heavy atom. The average Bonchev–Trinajstić information content (AvgIpc) is 3.35. The van der Waals surface area contributed by atoms with Crippen molar-refractivity contribution < 1.29 is 19.4 Å². The Kier molecular flexibility index (Phi) is 7.56. The molecule has 3 heterocycles. The highest BCUT2D eigenvalue weighted by molar-refractivity contribution is 7.59. The molecule has 2 aliphatic carbocycles. The topological polar surface area (TPSA) is 111 Å². The first-order chi connectivity index (χ1) is 15.1. The predicted octanol–water partition coefficient (Wildman–Crippen LogP) is 2.09. The molecule has 1 aliphatic heterocycles. The normalized spacial score (nSPS) is 27.0. The number of rotatable bonds is 6. The Morgan fingerprint density at radius 1 is 1.25 bits per heavy atom. The van der Waals surface area contributed by atoms with E-state index in [4.69, 9.17) is 15.2 Å². The van der Waals surface area contributed by atoms with Crippen LogP contribution >= 0.6 is 24.8 Å². The van der Waals surface area contributed by atoms with Gasteiger partial charge in [-0.15, -0.1) is 11.3 Å². The maximum absolute atomic E-state index is 11.4. The van der Waals surface area contributed by atoms with E-state index in [9.17, 15) is 9.90 Å². The molecule has 0 unspecified atom stereocenters. The molecule has 5 rings (SSSR count). The van der Waals surface area contributed by atoms with Crippen molar-refractivity contribution in [3.8, 4) is 5.88 Å². The average molecular weight is 481 g/mol. The number of primary amides is 1. The third-order valence-corrected chi connectivity index (χ3v) is 8.19. The highest BCUT2D eigenvalue weighted by Gasteiger charge is 2.34. The van der Waals surface area contributed by atoms with Crippen LogP contribution in [0.2, 0.25) is 0 Å². The second kappa shape index (κ2) is 10.2. The van der Waals surface area contributed by atoms with Crippen LogP contribution in [0.1, 0.15) is 54.9 Å². The number of nitrogens with two attached hydrogens (primary N) is 1. The summed E-state index contributed by atoms with van der Waals surface area (Å²) >= 11 is 1.67. The molecule has 2 atom stereocenters. The minimum absolute atomic E-state index is 0. The van der Waals surface area contributed by atoms with Crippen LogP contribution < -0.4 is 10.5 Å². The van der Waals surface area contributed by atoms with Gasteiger partial charge in [0.25, 0.3) is 0 Å². The van der Waals surface area contributed by atoms with E-state index < -0.39 is 12.0 Å². The number of nitrogens with zero attached hydrogens (tertiary/aromatic N) is 3. The number of hydrogen-bond donors (Lipinski definition) is 2. The van der Waals surface area contributed by atoms with Crippen molar-refractivity contribution in [2.24, 2.45) is 5.73 Å². The maximum atomic E-state index is 11.4. The molecule has 2 aromatic heterocycles. The molecular weight excluding hydrogens is 448 g/mol. The molecule has 8 nitrogen and oxygen atoms in total. The van der Waals surface area contributed by atoms with E-state index in [2.05, 4.69) is 14.9 Å². The zero-order chi connectivity index (χ0) is 21.4. The van der Waals surface area contributed by atoms with Gasteiger partial charge in [0.2, 0.25) is 11.8 Å². The van der Waals surface area contributed by atoms with Crippen LogP contribution in [0.4, 0.5) is 0 Å². The number of fused-ring (bicyclic) bond motifs is 3. The molecule has 3 aliphatic rings. The molecule has 1 saturated heterocycles. The van der Waals surface area contributed by atoms with Gasteiger partial charge in [0.15, 0.2) is 0 Å². The smallest absolute Gasteiger partial charge is 0.246 e. The highest BCUT2D eigenvalue weighted by atomic mass is 32.1. The van der Waals surface area contributed by atoms with Crippen molar-refractivity contribution >= 4 is 41.0 Å². The standard InChI is InChI=1S/C22H30N4O4S.H2S/c23-20(28)16(27)11-13-1-6-17-18(13)19-21(24-12-25-22(19)31-17)30-15-4-2-14(3-5-15)26-7-9-29-10-8-26;/h12-16,27H,1-11H2,(H2,23,28);1H2/t13-,14?,15?,16-;/m1./s1. The van der Waals surface area contributed by atoms with Crippen LogP contribution in [0, 0.1) is 0 Å². The predicted molar refractivity (Wildman–Crippen MR) is 128 cm³/mol. The van der Waals surface area contributed by atoms with Crippen LogP contribution in [0.3, 0.4) is 0 Å². The number of aliphatic hydroxyl groups excluding tert-OH is 1. The number of aliphatic hydroxyl groups is 1. The number of aromatic nitrogens is 2. The summed E-state index contributed by atoms with van der Waals surface area (Å²) < 4.78 is 11.9. The molecule has 32 heavy (non-hydrogen) atoms. The number of amides is 1. The SMILES string of the molecule is NC(=O)[C@H](O)C[C@H]1CCc2sc3ncnc(OC4CCC(N5CCOCC5)CC4)c3c21.S. The number of ether oxygens (including phenoxy) is 2. The van der Waals surface area contributed by atoms with Crippen LogP contribution in [-0.2, 0) is 16.0 Å². The fourth-order valence-electron chi connectivity index (χ4n) is 5.38. The Balaban J connectivity index is 0.00000245. The van der Waals surface area contributed by atoms with Crippen molar-refractivity contribution in [1.82, 2.24) is 14.9 Å². The van der Waals surface area contributed by atoms with Gasteiger partial charge < -0.3 is 20.3 Å². The molecule has 3 N–H and O–H groups in total. The lowest BCUT2D eigenvalue weighted by Gasteiger charge is -2.38. The lowest BCUT2D eigenvalue weighted by molar-refractivity contribution is -0.126. The van der Waals surface area contributed by atoms with Crippen molar-refractivity contribution in [1.29, 1.82) is 0 Å². The number of morpholine rings is 1. The first kappa shape index (κ1) is 23.7. The summed E-state index contributed by atoms with van der Waals surface area (Å²) in [5.74, 6) is 0.0622. The first-order valence-corrected chi connectivity index (χ1v) is 12.1. The summed E-state index contributed by atoms with van der Waals surface area (Å²) in [4.78, 5) is 25.1. The van der Waals surface area contributed by atoms with Gasteiger partial charge in [-0.25, -0.2) is 9.97 Å². The molecule has 176 valence electrons. The van der Waals surface area contributed by atoms with E-state index in [-0.39, 0.29) is 25.5 Å². The summed E-state index contributed by atoms with van der Waals surface area (Å²) in [5.41, 5.74) is 6.45. The lowest BCUT2D eigenvalue weighted by atomic mass is 9.91. The van der Waals surface area contributed by atoms with Gasteiger partial charge in [-0.3, -0.25) is 9.69 Å². The van der Waals surface area contributed by atoms with Gasteiger partial charge in [-0.1, -0.05) is 0 Å². The van der Waals surface area contributed by atoms with Gasteiger partial charge in [0.05, 0.1) is 18.6 Å². The minimum Gasteiger partial charge on any atom is -0.474 e. The summed E-state index contributed by atoms with van der Waals surface area (Å²) in [7, 11) is 0. The fourth-order valence-corrected chi connectivity index (χ4v) is 6.61. The zero-order valence-electron chi connectivity index (χ0n) is 18.2. The number of aryl methyl sites for hydroxylation is 1. The Bertz CT molecular complexity index is 941. The minimum atomic E-state index is -1.13. The van der Waals surface area contributed by atoms with Gasteiger partial charge >= 0.3 is 0 Å². The van der Waals surface area contributed by atoms with E-state index in [1.165, 1.54) is 4.88 Å². The highest BCUT2D eigenvalue weighted by Crippen LogP contribution is 2.47. The summed E-state index contributed by atoms with van der Waals surface area (Å²) in [6.45, 7) is 3.74. The zero-order valence-corrected chi connectivity index (χ0v) is 20.0. The second-order valence-electron chi connectivity index (χ2n) is 8.88. The number of thiophene rings is 1. The molecule has 0 aromatic carbocycles. The fraction of sp³-hybridized carbons (Fsp3) is 0.682. The van der Waals surface area contributed by atoms with Gasteiger partial charge in [-0.2, -0.15) is 13.5 Å². The van der Waals surface area contributed by atoms with Crippen molar-refractivity contribution in [3.05, 3.63) is 16.8 Å². The third-order valence-electron chi connectivity index (χ3n) is 7.02. The molecule has 1 saturated carbocycles. The summed E-state index contributed by atoms with van der Waals surface area (Å²) in [6.07, 6.45) is 7.08. The number of carbonyl (C=O) groups excluding carboxylic acids is 1. The molecule has 10 heteroatoms. The molecule has 2 fully saturated rings. The lowest BCUT2D eigenvalue weighted by Crippen LogP contribution is -2.46. The summed E-state index contributed by atoms with van der Waals surface area (Å²) in [5, 5.41) is 11.0. The van der Waals surface area contributed by atoms with E-state index in [1.807, 2.05) is 0 Å². The van der Waals surface area contributed by atoms with Crippen LogP contribution in [0.15, 0.2) is 6.33 Å². The Labute approximate surface area is 198 Å². The van der Waals surface area contributed by atoms with Crippen LogP contribution in [-0.4, -0.2) is 70.4 Å². The van der Waals surface area contributed by atoms with Crippen molar-refractivity contribution in [2.75, 3.05) is 26.3 Å². The van der Waals surface area contributed by atoms with Crippen LogP contribution in [0.5, 0.6) is 5.88 Å². The largest absolute Gasteiger partial charge is 0.474 e. The molecule has 0 spiro atoms. The molecule has 0 radical (unpaired) electrons. The molecule has 0 bridgehead atoms. The number of hydrogen-bond acceptors (Lipinski definition) is 8. The maximum Gasteiger partial charge on any atom is 0.246 e. The van der Waals surface area contributed by atoms with E-state index in [0.29, 0.717) is 18.3 Å². The van der Waals surface area contributed by atoms with Gasteiger partial charge in [0.1, 0.15) is 23.4 Å². The van der Waals surface area contributed by atoms with E-state index in [0.717, 1.165) is 80.6 Å². The monoisotopic (exact) mass is 480 g/mol.